The molecule has 126 valence electrons. The van der Waals surface area contributed by atoms with Gasteiger partial charge in [-0.15, -0.1) is 0 Å². The molecule has 1 fully saturated rings. The fourth-order valence-corrected chi connectivity index (χ4v) is 2.85. The molecule has 2 aromatic rings. The molecule has 1 N–H and O–H groups in total. The topological polar surface area (TPSA) is 58.1 Å². The predicted molar refractivity (Wildman–Crippen MR) is 86.9 cm³/mol. The van der Waals surface area contributed by atoms with Crippen molar-refractivity contribution in [2.75, 3.05) is 16.8 Å². The first-order valence-corrected chi connectivity index (χ1v) is 7.86. The molecule has 1 unspecified atom stereocenters. The van der Waals surface area contributed by atoms with E-state index in [9.17, 15) is 13.6 Å². The average molecular weight is 332 g/mol. The summed E-state index contributed by atoms with van der Waals surface area (Å²) in [5, 5.41) is 3.06. The molecular weight excluding hydrogens is 314 g/mol. The SMILES string of the molecule is CCc1cc(NC2CCN(c3c(F)cccc3F)C2=O)nc(C)n1. The van der Waals surface area contributed by atoms with Crippen LogP contribution >= 0.6 is 0 Å². The minimum atomic E-state index is -0.741. The van der Waals surface area contributed by atoms with Gasteiger partial charge in [0, 0.05) is 18.3 Å². The molecule has 7 heteroatoms. The quantitative estimate of drug-likeness (QED) is 0.935. The van der Waals surface area contributed by atoms with Crippen molar-refractivity contribution >= 4 is 17.4 Å². The molecule has 0 saturated carbocycles. The van der Waals surface area contributed by atoms with Gasteiger partial charge in [0.05, 0.1) is 0 Å². The summed E-state index contributed by atoms with van der Waals surface area (Å²) in [7, 11) is 0. The van der Waals surface area contributed by atoms with E-state index in [0.29, 0.717) is 18.1 Å². The lowest BCUT2D eigenvalue weighted by molar-refractivity contribution is -0.117. The van der Waals surface area contributed by atoms with Gasteiger partial charge in [0.25, 0.3) is 0 Å². The lowest BCUT2D eigenvalue weighted by Crippen LogP contribution is -2.34. The zero-order chi connectivity index (χ0) is 17.3. The molecule has 24 heavy (non-hydrogen) atoms. The highest BCUT2D eigenvalue weighted by atomic mass is 19.1. The van der Waals surface area contributed by atoms with Crippen LogP contribution in [0.4, 0.5) is 20.3 Å². The Morgan fingerprint density at radius 3 is 2.67 bits per heavy atom. The van der Waals surface area contributed by atoms with E-state index in [-0.39, 0.29) is 18.1 Å². The Balaban J connectivity index is 1.81. The Hall–Kier alpha value is -2.57. The Morgan fingerprint density at radius 2 is 2.00 bits per heavy atom. The van der Waals surface area contributed by atoms with Crippen LogP contribution in [0.3, 0.4) is 0 Å². The number of benzene rings is 1. The normalized spacial score (nSPS) is 17.4. The minimum Gasteiger partial charge on any atom is -0.358 e. The Labute approximate surface area is 138 Å². The molecule has 1 aromatic heterocycles. The zero-order valence-electron chi connectivity index (χ0n) is 13.5. The zero-order valence-corrected chi connectivity index (χ0v) is 13.5. The standard InChI is InChI=1S/C17H18F2N4O/c1-3-11-9-15(21-10(2)20-11)22-14-7-8-23(17(14)24)16-12(18)5-4-6-13(16)19/h4-6,9,14H,3,7-8H2,1-2H3,(H,20,21,22). The number of amides is 1. The highest BCUT2D eigenvalue weighted by molar-refractivity contribution is 6.01. The van der Waals surface area contributed by atoms with Crippen molar-refractivity contribution in [2.24, 2.45) is 0 Å². The van der Waals surface area contributed by atoms with E-state index in [0.717, 1.165) is 29.1 Å². The monoisotopic (exact) mass is 332 g/mol. The summed E-state index contributed by atoms with van der Waals surface area (Å²) in [6.45, 7) is 4.01. The van der Waals surface area contributed by atoms with Crippen molar-refractivity contribution in [1.29, 1.82) is 0 Å². The molecule has 1 aliphatic rings. The van der Waals surface area contributed by atoms with Gasteiger partial charge in [-0.25, -0.2) is 18.7 Å². The Morgan fingerprint density at radius 1 is 1.29 bits per heavy atom. The van der Waals surface area contributed by atoms with Crippen LogP contribution in [-0.4, -0.2) is 28.5 Å². The second-order valence-corrected chi connectivity index (χ2v) is 5.69. The first-order chi connectivity index (χ1) is 11.5. The van der Waals surface area contributed by atoms with Crippen LogP contribution in [0.2, 0.25) is 0 Å². The third-order valence-electron chi connectivity index (χ3n) is 3.99. The van der Waals surface area contributed by atoms with Crippen LogP contribution < -0.4 is 10.2 Å². The van der Waals surface area contributed by atoms with Crippen LogP contribution in [0, 0.1) is 18.6 Å². The molecule has 3 rings (SSSR count). The molecule has 0 aliphatic carbocycles. The maximum Gasteiger partial charge on any atom is 0.249 e. The van der Waals surface area contributed by atoms with Gasteiger partial charge in [0.2, 0.25) is 5.91 Å². The third kappa shape index (κ3) is 3.06. The number of halogens is 2. The summed E-state index contributed by atoms with van der Waals surface area (Å²) in [5.74, 6) is -0.688. The van der Waals surface area contributed by atoms with Gasteiger partial charge in [-0.2, -0.15) is 0 Å². The second kappa shape index (κ2) is 6.51. The molecule has 5 nitrogen and oxygen atoms in total. The molecule has 1 saturated heterocycles. The van der Waals surface area contributed by atoms with Crippen LogP contribution in [-0.2, 0) is 11.2 Å². The Kier molecular flexibility index (Phi) is 4.42. The summed E-state index contributed by atoms with van der Waals surface area (Å²) in [6.07, 6.45) is 1.19. The van der Waals surface area contributed by atoms with Gasteiger partial charge in [-0.05, 0) is 31.9 Å². The van der Waals surface area contributed by atoms with Crippen molar-refractivity contribution in [3.05, 3.63) is 47.4 Å². The van der Waals surface area contributed by atoms with Crippen molar-refractivity contribution in [3.8, 4) is 0 Å². The molecule has 1 atom stereocenters. The molecule has 0 radical (unpaired) electrons. The van der Waals surface area contributed by atoms with Gasteiger partial charge in [0.1, 0.15) is 35.0 Å². The van der Waals surface area contributed by atoms with Gasteiger partial charge in [0.15, 0.2) is 0 Å². The van der Waals surface area contributed by atoms with E-state index < -0.39 is 17.7 Å². The van der Waals surface area contributed by atoms with Crippen molar-refractivity contribution < 1.29 is 13.6 Å². The number of carbonyl (C=O) groups is 1. The number of carbonyl (C=O) groups excluding carboxylic acids is 1. The summed E-state index contributed by atoms with van der Waals surface area (Å²) in [6, 6.07) is 4.79. The minimum absolute atomic E-state index is 0.249. The highest BCUT2D eigenvalue weighted by Gasteiger charge is 2.35. The van der Waals surface area contributed by atoms with Crippen molar-refractivity contribution in [3.63, 3.8) is 0 Å². The summed E-state index contributed by atoms with van der Waals surface area (Å²) < 4.78 is 27.8. The van der Waals surface area contributed by atoms with E-state index in [1.54, 1.807) is 13.0 Å². The number of para-hydroxylation sites is 1. The van der Waals surface area contributed by atoms with Crippen molar-refractivity contribution in [2.45, 2.75) is 32.7 Å². The van der Waals surface area contributed by atoms with E-state index in [1.807, 2.05) is 6.92 Å². The molecule has 1 aromatic carbocycles. The van der Waals surface area contributed by atoms with Crippen molar-refractivity contribution in [1.82, 2.24) is 9.97 Å². The molecule has 1 aliphatic heterocycles. The van der Waals surface area contributed by atoms with Gasteiger partial charge >= 0.3 is 0 Å². The third-order valence-corrected chi connectivity index (χ3v) is 3.99. The number of hydrogen-bond donors (Lipinski definition) is 1. The number of rotatable bonds is 4. The number of aromatic nitrogens is 2. The first kappa shape index (κ1) is 16.3. The summed E-state index contributed by atoms with van der Waals surface area (Å²) in [4.78, 5) is 22.2. The van der Waals surface area contributed by atoms with Crippen LogP contribution in [0.1, 0.15) is 24.9 Å². The van der Waals surface area contributed by atoms with E-state index >= 15 is 0 Å². The number of anilines is 2. The maximum absolute atomic E-state index is 13.9. The lowest BCUT2D eigenvalue weighted by atomic mass is 10.2. The van der Waals surface area contributed by atoms with Gasteiger partial charge in [-0.1, -0.05) is 13.0 Å². The molecule has 0 bridgehead atoms. The van der Waals surface area contributed by atoms with Crippen LogP contribution in [0.15, 0.2) is 24.3 Å². The van der Waals surface area contributed by atoms with Gasteiger partial charge in [-0.3, -0.25) is 4.79 Å². The number of nitrogens with one attached hydrogen (secondary N) is 1. The smallest absolute Gasteiger partial charge is 0.249 e. The van der Waals surface area contributed by atoms with Gasteiger partial charge < -0.3 is 10.2 Å². The maximum atomic E-state index is 13.9. The summed E-state index contributed by atoms with van der Waals surface area (Å²) >= 11 is 0. The average Bonchev–Trinajstić information content (AvgIpc) is 2.88. The van der Waals surface area contributed by atoms with Crippen LogP contribution in [0.25, 0.3) is 0 Å². The fraction of sp³-hybridized carbons (Fsp3) is 0.353. The van der Waals surface area contributed by atoms with E-state index in [1.165, 1.54) is 6.07 Å². The Bertz CT molecular complexity index is 761. The fourth-order valence-electron chi connectivity index (χ4n) is 2.85. The molecule has 2 heterocycles. The molecule has 0 spiro atoms. The van der Waals surface area contributed by atoms with E-state index in [4.69, 9.17) is 0 Å². The highest BCUT2D eigenvalue weighted by Crippen LogP contribution is 2.28. The second-order valence-electron chi connectivity index (χ2n) is 5.69. The largest absolute Gasteiger partial charge is 0.358 e. The molecule has 1 amide bonds. The van der Waals surface area contributed by atoms with E-state index in [2.05, 4.69) is 15.3 Å². The molecular formula is C17H18F2N4O. The van der Waals surface area contributed by atoms with Crippen LogP contribution in [0.5, 0.6) is 0 Å². The number of aryl methyl sites for hydroxylation is 2. The predicted octanol–water partition coefficient (Wildman–Crippen LogP) is 2.84. The first-order valence-electron chi connectivity index (χ1n) is 7.86. The lowest BCUT2D eigenvalue weighted by Gasteiger charge is -2.19. The number of hydrogen-bond acceptors (Lipinski definition) is 4. The summed E-state index contributed by atoms with van der Waals surface area (Å²) in [5.41, 5.74) is 0.576. The number of nitrogens with zero attached hydrogens (tertiary/aromatic N) is 3.